The average molecular weight is 479 g/mol. The van der Waals surface area contributed by atoms with Crippen LogP contribution in [0.5, 0.6) is 0 Å². The molecule has 1 aromatic heterocycles. The lowest BCUT2D eigenvalue weighted by Crippen LogP contribution is -2.23. The van der Waals surface area contributed by atoms with Crippen molar-refractivity contribution in [3.63, 3.8) is 0 Å². The summed E-state index contributed by atoms with van der Waals surface area (Å²) in [5, 5.41) is 9.97. The first-order valence-corrected chi connectivity index (χ1v) is 13.3. The Morgan fingerprint density at radius 3 is 2.58 bits per heavy atom. The van der Waals surface area contributed by atoms with Gasteiger partial charge in [0.2, 0.25) is 0 Å². The minimum Gasteiger partial charge on any atom is -0.309 e. The van der Waals surface area contributed by atoms with Crippen LogP contribution in [0.2, 0.25) is 0 Å². The molecule has 0 bridgehead atoms. The summed E-state index contributed by atoms with van der Waals surface area (Å²) < 4.78 is 40.7. The lowest BCUT2D eigenvalue weighted by atomic mass is 9.89. The van der Waals surface area contributed by atoms with Crippen molar-refractivity contribution in [1.82, 2.24) is 19.7 Å². The molecule has 4 nitrogen and oxygen atoms in total. The highest BCUT2D eigenvalue weighted by molar-refractivity contribution is 7.99. The van der Waals surface area contributed by atoms with Crippen molar-refractivity contribution >= 4 is 11.8 Å². The van der Waals surface area contributed by atoms with E-state index < -0.39 is 11.7 Å². The van der Waals surface area contributed by atoms with E-state index in [1.165, 1.54) is 44.2 Å². The number of hydrogen-bond donors (Lipinski definition) is 0. The maximum atomic E-state index is 12.8. The van der Waals surface area contributed by atoms with Crippen molar-refractivity contribution in [3.05, 3.63) is 41.2 Å². The maximum Gasteiger partial charge on any atom is 0.416 e. The molecule has 5 rings (SSSR count). The normalized spacial score (nSPS) is 26.4. The van der Waals surface area contributed by atoms with Gasteiger partial charge in [-0.25, -0.2) is 0 Å². The fourth-order valence-corrected chi connectivity index (χ4v) is 6.81. The third-order valence-electron chi connectivity index (χ3n) is 7.98. The minimum atomic E-state index is -4.26. The Morgan fingerprint density at radius 2 is 1.85 bits per heavy atom. The van der Waals surface area contributed by atoms with E-state index in [1.807, 2.05) is 0 Å². The van der Waals surface area contributed by atoms with Gasteiger partial charge >= 0.3 is 6.18 Å². The summed E-state index contributed by atoms with van der Waals surface area (Å²) in [5.41, 5.74) is 0.794. The molecule has 2 heterocycles. The van der Waals surface area contributed by atoms with Crippen LogP contribution < -0.4 is 0 Å². The molecule has 2 atom stereocenters. The van der Waals surface area contributed by atoms with Crippen molar-refractivity contribution in [2.75, 3.05) is 25.4 Å². The topological polar surface area (TPSA) is 34.0 Å². The summed E-state index contributed by atoms with van der Waals surface area (Å²) in [6.07, 6.45) is 5.53. The number of likely N-dealkylation sites (tertiary alicyclic amines) is 1. The SMILES string of the molecule is Cn1c(SCCCN2CC[C@@]3(C[C@@H]3c3ccc(C(F)(F)F)cc3)C2)nnc1C1CCCCC1. The molecule has 2 aromatic rings. The zero-order chi connectivity index (χ0) is 23.1. The van der Waals surface area contributed by atoms with Crippen LogP contribution >= 0.6 is 11.8 Å². The number of thioether (sulfide) groups is 1. The smallest absolute Gasteiger partial charge is 0.309 e. The fraction of sp³-hybridized carbons (Fsp3) is 0.680. The van der Waals surface area contributed by atoms with Gasteiger partial charge in [0.05, 0.1) is 5.56 Å². The van der Waals surface area contributed by atoms with E-state index in [1.54, 1.807) is 23.9 Å². The first kappa shape index (κ1) is 23.2. The lowest BCUT2D eigenvalue weighted by molar-refractivity contribution is -0.137. The van der Waals surface area contributed by atoms with Crippen molar-refractivity contribution in [3.8, 4) is 0 Å². The monoisotopic (exact) mass is 478 g/mol. The van der Waals surface area contributed by atoms with E-state index in [4.69, 9.17) is 0 Å². The van der Waals surface area contributed by atoms with Gasteiger partial charge in [0.25, 0.3) is 0 Å². The molecule has 1 spiro atoms. The van der Waals surface area contributed by atoms with Gasteiger partial charge in [-0.15, -0.1) is 10.2 Å². The Hall–Kier alpha value is -1.54. The molecule has 0 amide bonds. The summed E-state index contributed by atoms with van der Waals surface area (Å²) in [4.78, 5) is 2.54. The van der Waals surface area contributed by atoms with E-state index in [2.05, 4.69) is 26.7 Å². The second-order valence-corrected chi connectivity index (χ2v) is 11.3. The summed E-state index contributed by atoms with van der Waals surface area (Å²) in [6.45, 7) is 3.23. The number of alkyl halides is 3. The van der Waals surface area contributed by atoms with Crippen LogP contribution in [0.25, 0.3) is 0 Å². The van der Waals surface area contributed by atoms with Gasteiger partial charge in [0.15, 0.2) is 5.16 Å². The molecule has 1 aromatic carbocycles. The molecule has 180 valence electrons. The predicted octanol–water partition coefficient (Wildman–Crippen LogP) is 6.24. The predicted molar refractivity (Wildman–Crippen MR) is 124 cm³/mol. The summed E-state index contributed by atoms with van der Waals surface area (Å²) >= 11 is 1.80. The van der Waals surface area contributed by atoms with Crippen LogP contribution in [0.15, 0.2) is 29.4 Å². The minimum absolute atomic E-state index is 0.283. The summed E-state index contributed by atoms with van der Waals surface area (Å²) in [6, 6.07) is 5.84. The molecule has 1 saturated heterocycles. The number of benzene rings is 1. The first-order valence-electron chi connectivity index (χ1n) is 12.3. The highest BCUT2D eigenvalue weighted by Crippen LogP contribution is 2.64. The van der Waals surface area contributed by atoms with Crippen molar-refractivity contribution in [2.45, 2.75) is 74.5 Å². The Labute approximate surface area is 198 Å². The van der Waals surface area contributed by atoms with Gasteiger partial charge in [0.1, 0.15) is 5.82 Å². The van der Waals surface area contributed by atoms with Crippen molar-refractivity contribution in [2.24, 2.45) is 12.5 Å². The Morgan fingerprint density at radius 1 is 1.09 bits per heavy atom. The molecule has 3 fully saturated rings. The van der Waals surface area contributed by atoms with Crippen LogP contribution in [-0.2, 0) is 13.2 Å². The van der Waals surface area contributed by atoms with Gasteiger partial charge in [0, 0.05) is 25.3 Å². The molecular weight excluding hydrogens is 445 g/mol. The second-order valence-electron chi connectivity index (χ2n) is 10.2. The van der Waals surface area contributed by atoms with E-state index in [9.17, 15) is 13.2 Å². The highest BCUT2D eigenvalue weighted by atomic mass is 32.2. The standard InChI is InChI=1S/C25H33F3N4S/c1-31-22(19-6-3-2-4-7-19)29-30-23(31)33-15-5-13-32-14-12-24(17-32)16-21(24)18-8-10-20(11-9-18)25(26,27)28/h8-11,19,21H,2-7,12-17H2,1H3/t21-,24-/m1/s1. The largest absolute Gasteiger partial charge is 0.416 e. The first-order chi connectivity index (χ1) is 15.9. The van der Waals surface area contributed by atoms with E-state index >= 15 is 0 Å². The molecule has 3 aliphatic rings. The number of rotatable bonds is 7. The fourth-order valence-electron chi connectivity index (χ4n) is 5.97. The average Bonchev–Trinajstić information content (AvgIpc) is 3.15. The summed E-state index contributed by atoms with van der Waals surface area (Å²) in [5.74, 6) is 3.17. The molecule has 0 N–H and O–H groups in total. The number of aromatic nitrogens is 3. The van der Waals surface area contributed by atoms with Gasteiger partial charge in [-0.1, -0.05) is 43.2 Å². The van der Waals surface area contributed by atoms with Crippen molar-refractivity contribution < 1.29 is 13.2 Å². The molecule has 2 saturated carbocycles. The van der Waals surface area contributed by atoms with E-state index in [-0.39, 0.29) is 5.41 Å². The quantitative estimate of drug-likeness (QED) is 0.348. The van der Waals surface area contributed by atoms with Crippen LogP contribution in [0.3, 0.4) is 0 Å². The molecule has 0 unspecified atom stereocenters. The van der Waals surface area contributed by atoms with Gasteiger partial charge in [-0.2, -0.15) is 13.2 Å². The van der Waals surface area contributed by atoms with Crippen LogP contribution in [0.1, 0.15) is 80.2 Å². The Balaban J connectivity index is 1.06. The molecule has 0 radical (unpaired) electrons. The Kier molecular flexibility index (Phi) is 6.51. The maximum absolute atomic E-state index is 12.8. The second kappa shape index (κ2) is 9.25. The molecular formula is C25H33F3N4S. The van der Waals surface area contributed by atoms with Crippen LogP contribution in [0, 0.1) is 5.41 Å². The van der Waals surface area contributed by atoms with Gasteiger partial charge < -0.3 is 9.47 Å². The highest BCUT2D eigenvalue weighted by Gasteiger charge is 2.57. The van der Waals surface area contributed by atoms with Gasteiger partial charge in [-0.05, 0) is 74.2 Å². The third-order valence-corrected chi connectivity index (χ3v) is 9.09. The van der Waals surface area contributed by atoms with Crippen LogP contribution in [0.4, 0.5) is 13.2 Å². The van der Waals surface area contributed by atoms with Crippen molar-refractivity contribution in [1.29, 1.82) is 0 Å². The van der Waals surface area contributed by atoms with E-state index in [0.29, 0.717) is 11.8 Å². The van der Waals surface area contributed by atoms with E-state index in [0.717, 1.165) is 61.2 Å². The van der Waals surface area contributed by atoms with Gasteiger partial charge in [-0.3, -0.25) is 0 Å². The van der Waals surface area contributed by atoms with Crippen LogP contribution in [-0.4, -0.2) is 45.1 Å². The summed E-state index contributed by atoms with van der Waals surface area (Å²) in [7, 11) is 2.10. The third kappa shape index (κ3) is 4.97. The number of nitrogens with zero attached hydrogens (tertiary/aromatic N) is 4. The number of hydrogen-bond acceptors (Lipinski definition) is 4. The zero-order valence-electron chi connectivity index (χ0n) is 19.3. The molecule has 2 aliphatic carbocycles. The molecule has 33 heavy (non-hydrogen) atoms. The Bertz CT molecular complexity index is 952. The molecule has 1 aliphatic heterocycles. The lowest BCUT2D eigenvalue weighted by Gasteiger charge is -2.20. The zero-order valence-corrected chi connectivity index (χ0v) is 20.1. The molecule has 8 heteroatoms. The number of halogens is 3.